The first-order chi connectivity index (χ1) is 9.51. The number of ether oxygens (including phenoxy) is 2. The Morgan fingerprint density at radius 2 is 1.85 bits per heavy atom. The van der Waals surface area contributed by atoms with Crippen molar-refractivity contribution in [3.05, 3.63) is 29.8 Å². The lowest BCUT2D eigenvalue weighted by molar-refractivity contribution is -0.0122. The van der Waals surface area contributed by atoms with Crippen LogP contribution in [0, 0.1) is 0 Å². The van der Waals surface area contributed by atoms with Gasteiger partial charge in [-0.15, -0.1) is 0 Å². The van der Waals surface area contributed by atoms with E-state index in [4.69, 9.17) is 14.7 Å². The maximum absolute atomic E-state index is 9.67. The summed E-state index contributed by atoms with van der Waals surface area (Å²) in [4.78, 5) is 0. The summed E-state index contributed by atoms with van der Waals surface area (Å²) in [6, 6.07) is 7.47. The first-order valence-corrected chi connectivity index (χ1v) is 6.70. The lowest BCUT2D eigenvalue weighted by atomic mass is 10.1. The van der Waals surface area contributed by atoms with Crippen LogP contribution in [0.25, 0.3) is 0 Å². The highest BCUT2D eigenvalue weighted by Gasteiger charge is 2.07. The first kappa shape index (κ1) is 16.5. The van der Waals surface area contributed by atoms with Crippen molar-refractivity contribution in [3.8, 4) is 5.75 Å². The molecule has 20 heavy (non-hydrogen) atoms. The fourth-order valence-electron chi connectivity index (χ4n) is 1.58. The molecule has 0 aliphatic rings. The van der Waals surface area contributed by atoms with Gasteiger partial charge in [0, 0.05) is 6.42 Å². The van der Waals surface area contributed by atoms with Crippen molar-refractivity contribution in [1.29, 1.82) is 0 Å². The summed E-state index contributed by atoms with van der Waals surface area (Å²) >= 11 is 0. The molecule has 0 saturated carbocycles. The van der Waals surface area contributed by atoms with Crippen LogP contribution in [0.3, 0.4) is 0 Å². The Balaban J connectivity index is 2.38. The molecule has 1 aromatic rings. The second kappa shape index (κ2) is 8.55. The molecule has 0 saturated heterocycles. The van der Waals surface area contributed by atoms with Gasteiger partial charge in [-0.05, 0) is 38.5 Å². The lowest BCUT2D eigenvalue weighted by Gasteiger charge is -2.14. The van der Waals surface area contributed by atoms with E-state index in [1.54, 1.807) is 6.92 Å². The van der Waals surface area contributed by atoms with Gasteiger partial charge in [0.15, 0.2) is 0 Å². The van der Waals surface area contributed by atoms with Gasteiger partial charge in [0.1, 0.15) is 18.5 Å². The van der Waals surface area contributed by atoms with Gasteiger partial charge in [0.25, 0.3) is 0 Å². The van der Waals surface area contributed by atoms with Crippen molar-refractivity contribution in [2.45, 2.75) is 39.4 Å². The third-order valence-corrected chi connectivity index (χ3v) is 2.62. The van der Waals surface area contributed by atoms with Gasteiger partial charge in [-0.2, -0.15) is 0 Å². The van der Waals surface area contributed by atoms with Gasteiger partial charge >= 0.3 is 0 Å². The van der Waals surface area contributed by atoms with Gasteiger partial charge in [-0.25, -0.2) is 0 Å². The van der Waals surface area contributed by atoms with Crippen molar-refractivity contribution in [2.75, 3.05) is 13.2 Å². The number of aliphatic hydroxyl groups excluding tert-OH is 1. The average Bonchev–Trinajstić information content (AvgIpc) is 2.44. The van der Waals surface area contributed by atoms with Crippen molar-refractivity contribution in [1.82, 2.24) is 0 Å². The van der Waals surface area contributed by atoms with E-state index in [-0.39, 0.29) is 19.3 Å². The zero-order chi connectivity index (χ0) is 15.0. The van der Waals surface area contributed by atoms with Crippen LogP contribution in [0.4, 0.5) is 0 Å². The Morgan fingerprint density at radius 3 is 2.40 bits per heavy atom. The fourth-order valence-corrected chi connectivity index (χ4v) is 1.58. The van der Waals surface area contributed by atoms with Crippen molar-refractivity contribution in [3.63, 3.8) is 0 Å². The molecule has 0 amide bonds. The van der Waals surface area contributed by atoms with Gasteiger partial charge in [0.2, 0.25) is 0 Å². The van der Waals surface area contributed by atoms with E-state index in [1.807, 2.05) is 38.1 Å². The number of hydrogen-bond donors (Lipinski definition) is 2. The molecule has 5 nitrogen and oxygen atoms in total. The molecule has 1 aromatic carbocycles. The number of oxime groups is 1. The van der Waals surface area contributed by atoms with Crippen LogP contribution in [0.5, 0.6) is 5.75 Å². The Bertz CT molecular complexity index is 414. The predicted octanol–water partition coefficient (Wildman–Crippen LogP) is 2.24. The van der Waals surface area contributed by atoms with Gasteiger partial charge in [-0.1, -0.05) is 17.3 Å². The van der Waals surface area contributed by atoms with Crippen molar-refractivity contribution in [2.24, 2.45) is 5.16 Å². The molecule has 1 rings (SSSR count). The number of nitrogens with zero attached hydrogens (tertiary/aromatic N) is 1. The van der Waals surface area contributed by atoms with Crippen LogP contribution in [-0.2, 0) is 11.2 Å². The Kier molecular flexibility index (Phi) is 7.04. The molecule has 0 aliphatic heterocycles. The van der Waals surface area contributed by atoms with E-state index in [2.05, 4.69) is 5.16 Å². The highest BCUT2D eigenvalue weighted by molar-refractivity contribution is 5.83. The van der Waals surface area contributed by atoms with Gasteiger partial charge in [0.05, 0.1) is 18.4 Å². The van der Waals surface area contributed by atoms with E-state index < -0.39 is 6.10 Å². The molecule has 5 heteroatoms. The van der Waals surface area contributed by atoms with Gasteiger partial charge < -0.3 is 19.8 Å². The Hall–Kier alpha value is -1.59. The molecule has 0 bridgehead atoms. The standard InChI is InChI=1S/C15H23NO4/c1-11(2)19-9-14(17)10-20-15-6-4-13(5-7-15)8-12(3)16-18/h4-7,11,14,17-18H,8-10H2,1-3H3/b16-12+. The highest BCUT2D eigenvalue weighted by Crippen LogP contribution is 2.13. The van der Waals surface area contributed by atoms with Crippen LogP contribution in [0.2, 0.25) is 0 Å². The fraction of sp³-hybridized carbons (Fsp3) is 0.533. The molecule has 0 aliphatic carbocycles. The molecular formula is C15H23NO4. The SMILES string of the molecule is C/C(Cc1ccc(OCC(O)COC(C)C)cc1)=N\O. The average molecular weight is 281 g/mol. The lowest BCUT2D eigenvalue weighted by Crippen LogP contribution is -2.25. The monoisotopic (exact) mass is 281 g/mol. The molecular weight excluding hydrogens is 258 g/mol. The maximum atomic E-state index is 9.67. The Morgan fingerprint density at radius 1 is 1.20 bits per heavy atom. The molecule has 0 radical (unpaired) electrons. The van der Waals surface area contributed by atoms with E-state index in [1.165, 1.54) is 0 Å². The quantitative estimate of drug-likeness (QED) is 0.435. The molecule has 2 N–H and O–H groups in total. The van der Waals surface area contributed by atoms with E-state index in [0.717, 1.165) is 5.56 Å². The summed E-state index contributed by atoms with van der Waals surface area (Å²) in [5.74, 6) is 0.691. The van der Waals surface area contributed by atoms with Gasteiger partial charge in [-0.3, -0.25) is 0 Å². The third-order valence-electron chi connectivity index (χ3n) is 2.62. The zero-order valence-corrected chi connectivity index (χ0v) is 12.2. The summed E-state index contributed by atoms with van der Waals surface area (Å²) in [6.07, 6.45) is 0.0583. The third kappa shape index (κ3) is 6.54. The molecule has 112 valence electrons. The van der Waals surface area contributed by atoms with Crippen LogP contribution >= 0.6 is 0 Å². The minimum atomic E-state index is -0.638. The summed E-state index contributed by atoms with van der Waals surface area (Å²) < 4.78 is 10.8. The second-order valence-electron chi connectivity index (χ2n) is 5.00. The van der Waals surface area contributed by atoms with E-state index in [9.17, 15) is 5.11 Å². The number of rotatable bonds is 8. The van der Waals surface area contributed by atoms with E-state index >= 15 is 0 Å². The summed E-state index contributed by atoms with van der Waals surface area (Å²) in [6.45, 7) is 6.06. The summed E-state index contributed by atoms with van der Waals surface area (Å²) in [5, 5.41) is 21.4. The molecule has 0 fully saturated rings. The van der Waals surface area contributed by atoms with E-state index in [0.29, 0.717) is 17.9 Å². The minimum absolute atomic E-state index is 0.0976. The predicted molar refractivity (Wildman–Crippen MR) is 77.6 cm³/mol. The summed E-state index contributed by atoms with van der Waals surface area (Å²) in [5.41, 5.74) is 1.69. The van der Waals surface area contributed by atoms with Crippen LogP contribution in [0.1, 0.15) is 26.3 Å². The molecule has 0 aromatic heterocycles. The number of benzene rings is 1. The molecule has 1 atom stereocenters. The normalized spacial score (nSPS) is 13.6. The zero-order valence-electron chi connectivity index (χ0n) is 12.2. The van der Waals surface area contributed by atoms with Crippen LogP contribution in [0.15, 0.2) is 29.4 Å². The van der Waals surface area contributed by atoms with Crippen molar-refractivity contribution < 1.29 is 19.8 Å². The minimum Gasteiger partial charge on any atom is -0.491 e. The largest absolute Gasteiger partial charge is 0.491 e. The van der Waals surface area contributed by atoms with Crippen LogP contribution in [-0.4, -0.2) is 41.4 Å². The number of aliphatic hydroxyl groups is 1. The topological polar surface area (TPSA) is 71.3 Å². The van der Waals surface area contributed by atoms with Crippen molar-refractivity contribution >= 4 is 5.71 Å². The summed E-state index contributed by atoms with van der Waals surface area (Å²) in [7, 11) is 0. The maximum Gasteiger partial charge on any atom is 0.119 e. The molecule has 0 heterocycles. The molecule has 0 spiro atoms. The number of hydrogen-bond acceptors (Lipinski definition) is 5. The highest BCUT2D eigenvalue weighted by atomic mass is 16.5. The Labute approximate surface area is 119 Å². The first-order valence-electron chi connectivity index (χ1n) is 6.70. The molecule has 1 unspecified atom stereocenters. The smallest absolute Gasteiger partial charge is 0.119 e. The van der Waals surface area contributed by atoms with Crippen LogP contribution < -0.4 is 4.74 Å². The second-order valence-corrected chi connectivity index (χ2v) is 5.00.